The number of para-hydroxylation sites is 2. The topological polar surface area (TPSA) is 81.9 Å². The molecule has 8 heteroatoms. The van der Waals surface area contributed by atoms with Gasteiger partial charge >= 0.3 is 0 Å². The van der Waals surface area contributed by atoms with Crippen LogP contribution in [0.4, 0.5) is 5.69 Å². The third kappa shape index (κ3) is 4.74. The highest BCUT2D eigenvalue weighted by Crippen LogP contribution is 2.29. The summed E-state index contributed by atoms with van der Waals surface area (Å²) >= 11 is 1.34. The molecule has 7 nitrogen and oxygen atoms in total. The van der Waals surface area contributed by atoms with Gasteiger partial charge in [-0.2, -0.15) is 0 Å². The van der Waals surface area contributed by atoms with E-state index in [0.717, 1.165) is 27.8 Å². The van der Waals surface area contributed by atoms with Gasteiger partial charge in [0.1, 0.15) is 0 Å². The minimum Gasteiger partial charge on any atom is -0.490 e. The molecule has 0 saturated carbocycles. The van der Waals surface area contributed by atoms with Crippen molar-refractivity contribution in [3.05, 3.63) is 92.7 Å². The zero-order valence-corrected chi connectivity index (χ0v) is 20.1. The average molecular weight is 486 g/mol. The number of hydrogen-bond donors (Lipinski definition) is 1. The molecule has 1 amide bonds. The Morgan fingerprint density at radius 2 is 1.91 bits per heavy atom. The van der Waals surface area contributed by atoms with Crippen LogP contribution in [0.25, 0.3) is 22.1 Å². The molecule has 2 aromatic heterocycles. The number of imidazole rings is 1. The number of benzene rings is 3. The quantitative estimate of drug-likeness (QED) is 0.374. The number of amides is 1. The van der Waals surface area contributed by atoms with E-state index in [1.165, 1.54) is 11.3 Å². The number of aryl methyl sites for hydroxylation is 1. The Morgan fingerprint density at radius 3 is 2.74 bits per heavy atom. The fourth-order valence-electron chi connectivity index (χ4n) is 3.83. The van der Waals surface area contributed by atoms with Crippen LogP contribution in [0.2, 0.25) is 0 Å². The van der Waals surface area contributed by atoms with Crippen LogP contribution in [0.5, 0.6) is 11.5 Å². The summed E-state index contributed by atoms with van der Waals surface area (Å²) in [6, 6.07) is 20.5. The normalized spacial score (nSPS) is 11.8. The van der Waals surface area contributed by atoms with E-state index in [1.54, 1.807) is 16.5 Å². The summed E-state index contributed by atoms with van der Waals surface area (Å²) in [5, 5.41) is 2.82. The molecule has 2 heterocycles. The number of nitrogens with one attached hydrogen (secondary N) is 1. The Balaban J connectivity index is 1.38. The van der Waals surface area contributed by atoms with Crippen LogP contribution >= 0.6 is 11.3 Å². The number of aromatic nitrogens is 2. The predicted octanol–water partition coefficient (Wildman–Crippen LogP) is 4.18. The van der Waals surface area contributed by atoms with E-state index in [-0.39, 0.29) is 18.1 Å². The number of anilines is 1. The molecule has 176 valence electrons. The third-order valence-electron chi connectivity index (χ3n) is 5.37. The lowest BCUT2D eigenvalue weighted by Crippen LogP contribution is -2.22. The maximum Gasteiger partial charge on any atom is 0.274 e. The first-order valence-electron chi connectivity index (χ1n) is 11.2. The van der Waals surface area contributed by atoms with Crippen LogP contribution in [0.3, 0.4) is 0 Å². The SMILES string of the molecule is CCOc1cc(/C=c2\sc3nc4ccccc4n3c2=O)ccc1OCC(=O)Nc1cccc(C)c1. The highest BCUT2D eigenvalue weighted by Gasteiger charge is 2.12. The van der Waals surface area contributed by atoms with Crippen molar-refractivity contribution in [1.82, 2.24) is 9.38 Å². The van der Waals surface area contributed by atoms with Gasteiger partial charge in [0.15, 0.2) is 23.1 Å². The fourth-order valence-corrected chi connectivity index (χ4v) is 4.82. The van der Waals surface area contributed by atoms with Crippen molar-refractivity contribution < 1.29 is 14.3 Å². The van der Waals surface area contributed by atoms with Gasteiger partial charge in [-0.15, -0.1) is 0 Å². The molecule has 0 aliphatic rings. The smallest absolute Gasteiger partial charge is 0.274 e. The number of hydrogen-bond acceptors (Lipinski definition) is 6. The Kier molecular flexibility index (Phi) is 6.20. The molecular formula is C27H23N3O4S. The van der Waals surface area contributed by atoms with Crippen molar-refractivity contribution in [2.24, 2.45) is 0 Å². The number of ether oxygens (including phenoxy) is 2. The number of thiazole rings is 1. The largest absolute Gasteiger partial charge is 0.490 e. The van der Waals surface area contributed by atoms with Crippen LogP contribution in [0.15, 0.2) is 71.5 Å². The highest BCUT2D eigenvalue weighted by molar-refractivity contribution is 7.15. The number of nitrogens with zero attached hydrogens (tertiary/aromatic N) is 2. The first-order chi connectivity index (χ1) is 17.0. The zero-order valence-electron chi connectivity index (χ0n) is 19.3. The van der Waals surface area contributed by atoms with Gasteiger partial charge in [-0.3, -0.25) is 9.59 Å². The monoisotopic (exact) mass is 485 g/mol. The average Bonchev–Trinajstić information content (AvgIpc) is 3.35. The third-order valence-corrected chi connectivity index (χ3v) is 6.34. The molecule has 5 rings (SSSR count). The zero-order chi connectivity index (χ0) is 24.4. The summed E-state index contributed by atoms with van der Waals surface area (Å²) in [6.45, 7) is 4.11. The van der Waals surface area contributed by atoms with Crippen molar-refractivity contribution in [2.45, 2.75) is 13.8 Å². The Morgan fingerprint density at radius 1 is 1.06 bits per heavy atom. The van der Waals surface area contributed by atoms with Crippen LogP contribution in [-0.2, 0) is 4.79 Å². The van der Waals surface area contributed by atoms with E-state index in [2.05, 4.69) is 10.3 Å². The second kappa shape index (κ2) is 9.60. The minimum absolute atomic E-state index is 0.107. The lowest BCUT2D eigenvalue weighted by atomic mass is 10.2. The second-order valence-electron chi connectivity index (χ2n) is 7.98. The van der Waals surface area contributed by atoms with Gasteiger partial charge in [-0.1, -0.05) is 41.7 Å². The maximum atomic E-state index is 13.0. The number of fused-ring (bicyclic) bond motifs is 3. The molecule has 0 fully saturated rings. The van der Waals surface area contributed by atoms with E-state index in [0.29, 0.717) is 27.6 Å². The molecule has 1 N–H and O–H groups in total. The number of carbonyl (C=O) groups excluding carboxylic acids is 1. The van der Waals surface area contributed by atoms with Crippen molar-refractivity contribution in [3.63, 3.8) is 0 Å². The molecule has 5 aromatic rings. The minimum atomic E-state index is -0.265. The molecular weight excluding hydrogens is 462 g/mol. The van der Waals surface area contributed by atoms with E-state index >= 15 is 0 Å². The number of carbonyl (C=O) groups is 1. The molecule has 0 saturated heterocycles. The summed E-state index contributed by atoms with van der Waals surface area (Å²) < 4.78 is 13.7. The molecule has 0 unspecified atom stereocenters. The van der Waals surface area contributed by atoms with Gasteiger partial charge in [0.05, 0.1) is 22.2 Å². The van der Waals surface area contributed by atoms with E-state index < -0.39 is 0 Å². The Hall–Kier alpha value is -4.17. The van der Waals surface area contributed by atoms with Crippen LogP contribution in [-0.4, -0.2) is 28.5 Å². The summed E-state index contributed by atoms with van der Waals surface area (Å²) in [5.41, 5.74) is 4.06. The molecule has 0 spiro atoms. The van der Waals surface area contributed by atoms with Gasteiger partial charge in [-0.05, 0) is 67.4 Å². The van der Waals surface area contributed by atoms with Crippen molar-refractivity contribution in [1.29, 1.82) is 0 Å². The van der Waals surface area contributed by atoms with Crippen LogP contribution in [0.1, 0.15) is 18.1 Å². The predicted molar refractivity (Wildman–Crippen MR) is 139 cm³/mol. The number of rotatable bonds is 7. The van der Waals surface area contributed by atoms with Crippen molar-refractivity contribution >= 4 is 45.0 Å². The van der Waals surface area contributed by atoms with Crippen LogP contribution in [0, 0.1) is 6.92 Å². The second-order valence-corrected chi connectivity index (χ2v) is 8.99. The molecule has 0 radical (unpaired) electrons. The molecule has 0 aliphatic carbocycles. The Labute approximate surface area is 205 Å². The summed E-state index contributed by atoms with van der Waals surface area (Å²) in [6.07, 6.45) is 1.81. The lowest BCUT2D eigenvalue weighted by Gasteiger charge is -2.13. The van der Waals surface area contributed by atoms with E-state index in [9.17, 15) is 9.59 Å². The lowest BCUT2D eigenvalue weighted by molar-refractivity contribution is -0.118. The summed E-state index contributed by atoms with van der Waals surface area (Å²) in [4.78, 5) is 30.6. The summed E-state index contributed by atoms with van der Waals surface area (Å²) in [5.74, 6) is 0.695. The van der Waals surface area contributed by atoms with Gasteiger partial charge in [0.2, 0.25) is 0 Å². The van der Waals surface area contributed by atoms with Gasteiger partial charge in [-0.25, -0.2) is 9.38 Å². The molecule has 3 aromatic carbocycles. The van der Waals surface area contributed by atoms with Gasteiger partial charge in [0, 0.05) is 5.69 Å². The van der Waals surface area contributed by atoms with Crippen LogP contribution < -0.4 is 24.9 Å². The summed E-state index contributed by atoms with van der Waals surface area (Å²) in [7, 11) is 0. The molecule has 35 heavy (non-hydrogen) atoms. The standard InChI is InChI=1S/C27H23N3O4S/c1-3-33-23-14-18(11-12-22(23)34-16-25(31)28-19-8-6-7-17(2)13-19)15-24-26(32)30-21-10-5-4-9-20(21)29-27(30)35-24/h4-15H,3,16H2,1-2H3,(H,28,31)/b24-15-. The molecule has 0 aliphatic heterocycles. The highest BCUT2D eigenvalue weighted by atomic mass is 32.1. The Bertz CT molecular complexity index is 1650. The fraction of sp³-hybridized carbons (Fsp3) is 0.148. The van der Waals surface area contributed by atoms with Crippen molar-refractivity contribution in [3.8, 4) is 11.5 Å². The van der Waals surface area contributed by atoms with Crippen molar-refractivity contribution in [2.75, 3.05) is 18.5 Å². The maximum absolute atomic E-state index is 13.0. The first kappa shape index (κ1) is 22.6. The van der Waals surface area contributed by atoms with E-state index in [1.807, 2.05) is 74.5 Å². The van der Waals surface area contributed by atoms with Gasteiger partial charge in [0.25, 0.3) is 11.5 Å². The van der Waals surface area contributed by atoms with Gasteiger partial charge < -0.3 is 14.8 Å². The molecule has 0 bridgehead atoms. The van der Waals surface area contributed by atoms with E-state index in [4.69, 9.17) is 9.47 Å². The molecule has 0 atom stereocenters. The first-order valence-corrected chi connectivity index (χ1v) is 12.0.